The van der Waals surface area contributed by atoms with Gasteiger partial charge in [0.15, 0.2) is 5.58 Å². The van der Waals surface area contributed by atoms with E-state index in [1.807, 2.05) is 54.6 Å². The Morgan fingerprint density at radius 1 is 1.27 bits per heavy atom. The standard InChI is InChI=1S/C25H24ClN3O2S2/c1-27-25(32)23(33-16-29-12-10-18(15-30)11-13-29)9-3-17-2-8-22-21(14-17)28-24(31-22)19-4-6-20(26)7-5-19/h2-9,14-15,18,32H,1,10-13,16H2/b9-3+,25-23+. The molecule has 0 radical (unpaired) electrons. The predicted octanol–water partition coefficient (Wildman–Crippen LogP) is 6.56. The number of thiol groups is 1. The summed E-state index contributed by atoms with van der Waals surface area (Å²) in [5, 5.41) is 1.26. The fourth-order valence-corrected chi connectivity index (χ4v) is 4.91. The van der Waals surface area contributed by atoms with Gasteiger partial charge in [0, 0.05) is 27.3 Å². The number of benzene rings is 2. The van der Waals surface area contributed by atoms with Gasteiger partial charge in [0.2, 0.25) is 5.89 Å². The number of aliphatic imine (C=N–C) groups is 1. The maximum atomic E-state index is 11.0. The van der Waals surface area contributed by atoms with E-state index in [0.29, 0.717) is 15.9 Å². The first-order valence-electron chi connectivity index (χ1n) is 10.6. The maximum Gasteiger partial charge on any atom is 0.227 e. The third kappa shape index (κ3) is 6.18. The monoisotopic (exact) mass is 497 g/mol. The SMILES string of the molecule is C=N/C(S)=C(/C=C/c1ccc2oc(-c3ccc(Cl)cc3)nc2c1)SCN1CCC(C=O)CC1. The zero-order valence-corrected chi connectivity index (χ0v) is 20.5. The van der Waals surface area contributed by atoms with E-state index in [9.17, 15) is 4.79 Å². The lowest BCUT2D eigenvalue weighted by Crippen LogP contribution is -2.33. The van der Waals surface area contributed by atoms with Gasteiger partial charge in [0.05, 0.1) is 0 Å². The summed E-state index contributed by atoms with van der Waals surface area (Å²) in [4.78, 5) is 22.9. The number of piperidine rings is 1. The van der Waals surface area contributed by atoms with Gasteiger partial charge in [-0.25, -0.2) is 4.98 Å². The van der Waals surface area contributed by atoms with E-state index in [-0.39, 0.29) is 5.92 Å². The highest BCUT2D eigenvalue weighted by Crippen LogP contribution is 2.29. The van der Waals surface area contributed by atoms with Crippen molar-refractivity contribution in [3.05, 3.63) is 69.1 Å². The first kappa shape index (κ1) is 23.8. The Kier molecular flexibility index (Phi) is 8.09. The molecule has 33 heavy (non-hydrogen) atoms. The summed E-state index contributed by atoms with van der Waals surface area (Å²) in [6.07, 6.45) is 6.93. The summed E-state index contributed by atoms with van der Waals surface area (Å²) in [5.41, 5.74) is 3.38. The lowest BCUT2D eigenvalue weighted by molar-refractivity contribution is -0.112. The molecule has 0 bridgehead atoms. The van der Waals surface area contributed by atoms with Crippen LogP contribution in [0, 0.1) is 5.92 Å². The number of aldehydes is 1. The zero-order chi connectivity index (χ0) is 23.2. The number of oxazole rings is 1. The Hall–Kier alpha value is -2.32. The van der Waals surface area contributed by atoms with E-state index in [1.54, 1.807) is 11.8 Å². The van der Waals surface area contributed by atoms with Crippen LogP contribution in [0.15, 0.2) is 67.9 Å². The molecule has 3 aromatic rings. The fraction of sp³-hybridized carbons (Fsp3) is 0.240. The molecule has 4 rings (SSSR count). The Balaban J connectivity index is 1.46. The topological polar surface area (TPSA) is 58.7 Å². The minimum absolute atomic E-state index is 0.197. The molecule has 1 aliphatic rings. The smallest absolute Gasteiger partial charge is 0.227 e. The number of likely N-dealkylation sites (tertiary alicyclic amines) is 1. The molecule has 0 saturated carbocycles. The third-order valence-corrected chi connectivity index (χ3v) is 7.45. The molecule has 1 saturated heterocycles. The second kappa shape index (κ2) is 11.2. The number of nitrogens with zero attached hydrogens (tertiary/aromatic N) is 3. The van der Waals surface area contributed by atoms with E-state index < -0.39 is 0 Å². The van der Waals surface area contributed by atoms with Gasteiger partial charge in [-0.05, 0) is 80.7 Å². The summed E-state index contributed by atoms with van der Waals surface area (Å²) in [6, 6.07) is 13.3. The van der Waals surface area contributed by atoms with E-state index >= 15 is 0 Å². The van der Waals surface area contributed by atoms with Gasteiger partial charge in [-0.3, -0.25) is 9.89 Å². The molecule has 5 nitrogen and oxygen atoms in total. The van der Waals surface area contributed by atoms with Crippen LogP contribution < -0.4 is 0 Å². The van der Waals surface area contributed by atoms with Gasteiger partial charge in [-0.15, -0.1) is 24.4 Å². The van der Waals surface area contributed by atoms with Crippen molar-refractivity contribution in [2.45, 2.75) is 12.8 Å². The molecule has 1 aliphatic heterocycles. The van der Waals surface area contributed by atoms with Crippen LogP contribution in [0.5, 0.6) is 0 Å². The van der Waals surface area contributed by atoms with E-state index in [1.165, 1.54) is 0 Å². The molecule has 8 heteroatoms. The largest absolute Gasteiger partial charge is 0.436 e. The van der Waals surface area contributed by atoms with Crippen molar-refractivity contribution in [1.82, 2.24) is 9.88 Å². The maximum absolute atomic E-state index is 11.0. The summed E-state index contributed by atoms with van der Waals surface area (Å²) in [7, 11) is 0. The van der Waals surface area contributed by atoms with Crippen LogP contribution in [-0.4, -0.2) is 41.9 Å². The zero-order valence-electron chi connectivity index (χ0n) is 18.0. The second-order valence-electron chi connectivity index (χ2n) is 7.80. The number of rotatable bonds is 8. The van der Waals surface area contributed by atoms with Crippen molar-refractivity contribution in [1.29, 1.82) is 0 Å². The molecule has 0 atom stereocenters. The predicted molar refractivity (Wildman–Crippen MR) is 142 cm³/mol. The summed E-state index contributed by atoms with van der Waals surface area (Å²) < 4.78 is 5.90. The van der Waals surface area contributed by atoms with Crippen LogP contribution in [0.3, 0.4) is 0 Å². The van der Waals surface area contributed by atoms with E-state index in [0.717, 1.165) is 65.2 Å². The first-order valence-corrected chi connectivity index (χ1v) is 12.4. The quantitative estimate of drug-likeness (QED) is 0.165. The number of carbonyl (C=O) groups is 1. The molecule has 0 unspecified atom stereocenters. The highest BCUT2D eigenvalue weighted by atomic mass is 35.5. The van der Waals surface area contributed by atoms with Gasteiger partial charge < -0.3 is 9.21 Å². The third-order valence-electron chi connectivity index (χ3n) is 5.53. The molecule has 0 aliphatic carbocycles. The van der Waals surface area contributed by atoms with E-state index in [2.05, 4.69) is 34.2 Å². The lowest BCUT2D eigenvalue weighted by Gasteiger charge is -2.29. The number of allylic oxidation sites excluding steroid dienone is 1. The van der Waals surface area contributed by atoms with Crippen LogP contribution in [0.2, 0.25) is 5.02 Å². The molecule has 1 fully saturated rings. The first-order chi connectivity index (χ1) is 16.1. The number of thioether (sulfide) groups is 1. The minimum atomic E-state index is 0.197. The molecular formula is C25H24ClN3O2S2. The van der Waals surface area contributed by atoms with Gasteiger partial charge in [-0.2, -0.15) is 0 Å². The average molecular weight is 498 g/mol. The molecule has 1 aromatic heterocycles. The van der Waals surface area contributed by atoms with Crippen molar-refractivity contribution < 1.29 is 9.21 Å². The molecule has 0 N–H and O–H groups in total. The highest BCUT2D eigenvalue weighted by molar-refractivity contribution is 8.03. The van der Waals surface area contributed by atoms with Crippen LogP contribution in [0.1, 0.15) is 18.4 Å². The summed E-state index contributed by atoms with van der Waals surface area (Å²) in [5.74, 6) is 1.58. The highest BCUT2D eigenvalue weighted by Gasteiger charge is 2.18. The lowest BCUT2D eigenvalue weighted by atomic mass is 9.99. The Morgan fingerprint density at radius 3 is 2.73 bits per heavy atom. The molecule has 2 aromatic carbocycles. The normalized spacial score (nSPS) is 16.3. The van der Waals surface area contributed by atoms with E-state index in [4.69, 9.17) is 16.0 Å². The summed E-state index contributed by atoms with van der Waals surface area (Å²) in [6.45, 7) is 5.47. The van der Waals surface area contributed by atoms with Crippen molar-refractivity contribution >= 4 is 66.2 Å². The Morgan fingerprint density at radius 2 is 2.03 bits per heavy atom. The van der Waals surface area contributed by atoms with Crippen LogP contribution in [-0.2, 0) is 4.79 Å². The molecular weight excluding hydrogens is 474 g/mol. The van der Waals surface area contributed by atoms with Crippen molar-refractivity contribution in [2.75, 3.05) is 19.0 Å². The van der Waals surface area contributed by atoms with Gasteiger partial charge >= 0.3 is 0 Å². The van der Waals surface area contributed by atoms with Gasteiger partial charge in [0.1, 0.15) is 16.8 Å². The number of hydrogen-bond acceptors (Lipinski definition) is 7. The van der Waals surface area contributed by atoms with Crippen molar-refractivity contribution in [3.63, 3.8) is 0 Å². The Labute approximate surface area is 208 Å². The minimum Gasteiger partial charge on any atom is -0.436 e. The summed E-state index contributed by atoms with van der Waals surface area (Å²) >= 11 is 12.1. The van der Waals surface area contributed by atoms with Gasteiger partial charge in [0.25, 0.3) is 0 Å². The molecule has 170 valence electrons. The number of fused-ring (bicyclic) bond motifs is 1. The average Bonchev–Trinajstić information content (AvgIpc) is 3.28. The second-order valence-corrected chi connectivity index (χ2v) is 9.64. The number of aromatic nitrogens is 1. The van der Waals surface area contributed by atoms with Crippen LogP contribution in [0.4, 0.5) is 0 Å². The van der Waals surface area contributed by atoms with Gasteiger partial charge in [-0.1, -0.05) is 23.7 Å². The number of hydrogen-bond donors (Lipinski definition) is 1. The fourth-order valence-electron chi connectivity index (χ4n) is 3.58. The van der Waals surface area contributed by atoms with Crippen molar-refractivity contribution in [3.8, 4) is 11.5 Å². The number of carbonyl (C=O) groups excluding carboxylic acids is 1. The van der Waals surface area contributed by atoms with Crippen LogP contribution in [0.25, 0.3) is 28.6 Å². The molecule has 2 heterocycles. The Bertz CT molecular complexity index is 1200. The van der Waals surface area contributed by atoms with Crippen molar-refractivity contribution in [2.24, 2.45) is 10.9 Å². The molecule has 0 spiro atoms. The molecule has 0 amide bonds. The van der Waals surface area contributed by atoms with Crippen LogP contribution >= 0.6 is 36.0 Å². The number of halogens is 1.